The molecule has 2 atom stereocenters. The van der Waals surface area contributed by atoms with Crippen LogP contribution in [0.1, 0.15) is 42.7 Å². The van der Waals surface area contributed by atoms with Crippen molar-refractivity contribution in [2.75, 3.05) is 12.4 Å². The van der Waals surface area contributed by atoms with Crippen molar-refractivity contribution in [1.82, 2.24) is 15.2 Å². The number of ether oxygens (including phenoxy) is 1. The molecule has 2 aliphatic rings. The number of amides is 2. The SMILES string of the molecule is CC1=C(COC(=O)c2[nH]c3c(C(C)C)cccc3c2-c2ccc(S)cc2)CSC2C(NC=O)C(=O)N12. The van der Waals surface area contributed by atoms with E-state index in [-0.39, 0.29) is 23.8 Å². The Bertz CT molecular complexity index is 1390. The third-order valence-corrected chi connectivity index (χ3v) is 8.46. The Morgan fingerprint density at radius 2 is 2.03 bits per heavy atom. The number of β-lactam (4-membered cyclic amide) rings is 1. The number of rotatable bonds is 7. The molecule has 5 rings (SSSR count). The number of nitrogens with one attached hydrogen (secondary N) is 2. The van der Waals surface area contributed by atoms with E-state index >= 15 is 0 Å². The van der Waals surface area contributed by atoms with Crippen LogP contribution in [0, 0.1) is 0 Å². The Hall–Kier alpha value is -3.17. The van der Waals surface area contributed by atoms with E-state index in [2.05, 4.69) is 42.8 Å². The molecule has 0 aliphatic carbocycles. The lowest BCUT2D eigenvalue weighted by Gasteiger charge is -2.49. The van der Waals surface area contributed by atoms with Crippen LogP contribution in [0.5, 0.6) is 0 Å². The van der Waals surface area contributed by atoms with Crippen LogP contribution in [0.3, 0.4) is 0 Å². The molecule has 0 radical (unpaired) electrons. The second-order valence-electron chi connectivity index (χ2n) is 9.28. The van der Waals surface area contributed by atoms with E-state index < -0.39 is 12.0 Å². The van der Waals surface area contributed by atoms with Gasteiger partial charge in [0.2, 0.25) is 6.41 Å². The fraction of sp³-hybridized carbons (Fsp3) is 0.296. The maximum absolute atomic E-state index is 13.4. The van der Waals surface area contributed by atoms with Crippen LogP contribution in [-0.2, 0) is 14.3 Å². The predicted molar refractivity (Wildman–Crippen MR) is 144 cm³/mol. The third kappa shape index (κ3) is 4.10. The summed E-state index contributed by atoms with van der Waals surface area (Å²) < 4.78 is 5.80. The van der Waals surface area contributed by atoms with E-state index in [0.29, 0.717) is 17.9 Å². The number of H-pyrrole nitrogens is 1. The van der Waals surface area contributed by atoms with Crippen molar-refractivity contribution in [1.29, 1.82) is 0 Å². The van der Waals surface area contributed by atoms with Gasteiger partial charge in [-0.1, -0.05) is 44.2 Å². The first-order valence-electron chi connectivity index (χ1n) is 11.8. The van der Waals surface area contributed by atoms with E-state index in [1.54, 1.807) is 16.7 Å². The number of nitrogens with zero attached hydrogens (tertiary/aromatic N) is 1. The second-order valence-corrected chi connectivity index (χ2v) is 10.9. The smallest absolute Gasteiger partial charge is 0.355 e. The Morgan fingerprint density at radius 1 is 1.28 bits per heavy atom. The minimum atomic E-state index is -0.501. The van der Waals surface area contributed by atoms with Gasteiger partial charge in [-0.3, -0.25) is 14.5 Å². The molecule has 186 valence electrons. The molecule has 1 fully saturated rings. The zero-order valence-corrected chi connectivity index (χ0v) is 21.9. The predicted octanol–water partition coefficient (Wildman–Crippen LogP) is 4.71. The molecule has 2 aliphatic heterocycles. The molecule has 3 heterocycles. The Balaban J connectivity index is 1.45. The van der Waals surface area contributed by atoms with Crippen molar-refractivity contribution >= 4 is 53.6 Å². The maximum atomic E-state index is 13.4. The average molecular weight is 522 g/mol. The molecule has 3 aromatic rings. The summed E-state index contributed by atoms with van der Waals surface area (Å²) in [5.74, 6) is 0.294. The molecule has 36 heavy (non-hydrogen) atoms. The first-order valence-corrected chi connectivity index (χ1v) is 13.3. The zero-order chi connectivity index (χ0) is 25.6. The number of thiol groups is 1. The molecular formula is C27H27N3O4S2. The lowest BCUT2D eigenvalue weighted by atomic mass is 9.97. The highest BCUT2D eigenvalue weighted by Gasteiger charge is 2.50. The molecule has 2 amide bonds. The molecule has 1 saturated heterocycles. The standard InChI is InChI=1S/C27H27N3O4S2/c1-14(2)19-5-4-6-20-21(16-7-9-18(35)10-8-16)23(29-22(19)20)27(33)34-11-17-12-36-26-24(28-13-31)25(32)30(26)15(17)3/h4-10,13-14,24,26,29,35H,11-12H2,1-3H3,(H,28,31). The highest BCUT2D eigenvalue weighted by atomic mass is 32.2. The van der Waals surface area contributed by atoms with Crippen molar-refractivity contribution in [3.8, 4) is 11.1 Å². The molecule has 0 spiro atoms. The summed E-state index contributed by atoms with van der Waals surface area (Å²) in [5, 5.41) is 3.42. The largest absolute Gasteiger partial charge is 0.456 e. The van der Waals surface area contributed by atoms with Crippen molar-refractivity contribution < 1.29 is 19.1 Å². The van der Waals surface area contributed by atoms with Gasteiger partial charge in [0.15, 0.2) is 0 Å². The third-order valence-electron chi connectivity index (χ3n) is 6.82. The Labute approximate surface area is 219 Å². The van der Waals surface area contributed by atoms with Gasteiger partial charge in [-0.2, -0.15) is 0 Å². The number of fused-ring (bicyclic) bond motifs is 2. The fourth-order valence-corrected chi connectivity index (χ4v) is 6.46. The van der Waals surface area contributed by atoms with Crippen LogP contribution in [-0.4, -0.2) is 51.9 Å². The highest BCUT2D eigenvalue weighted by molar-refractivity contribution is 8.00. The molecule has 2 aromatic carbocycles. The van der Waals surface area contributed by atoms with E-state index in [4.69, 9.17) is 4.74 Å². The summed E-state index contributed by atoms with van der Waals surface area (Å²) in [4.78, 5) is 42.5. The van der Waals surface area contributed by atoms with Crippen LogP contribution >= 0.6 is 24.4 Å². The van der Waals surface area contributed by atoms with Gasteiger partial charge in [0.05, 0.1) is 5.52 Å². The number of aromatic nitrogens is 1. The number of hydrogen-bond acceptors (Lipinski definition) is 6. The fourth-order valence-electron chi connectivity index (χ4n) is 4.85. The summed E-state index contributed by atoms with van der Waals surface area (Å²) in [6.07, 6.45) is 0.559. The molecule has 1 aromatic heterocycles. The van der Waals surface area contributed by atoms with Gasteiger partial charge in [0.1, 0.15) is 23.7 Å². The van der Waals surface area contributed by atoms with Crippen LogP contribution in [0.25, 0.3) is 22.0 Å². The molecule has 9 heteroatoms. The number of para-hydroxylation sites is 1. The quantitative estimate of drug-likeness (QED) is 0.181. The summed E-state index contributed by atoms with van der Waals surface area (Å²) >= 11 is 5.95. The van der Waals surface area contributed by atoms with E-state index in [9.17, 15) is 14.4 Å². The topological polar surface area (TPSA) is 91.5 Å². The van der Waals surface area contributed by atoms with Gasteiger partial charge >= 0.3 is 5.97 Å². The van der Waals surface area contributed by atoms with Crippen LogP contribution in [0.4, 0.5) is 0 Å². The van der Waals surface area contributed by atoms with Gasteiger partial charge in [0, 0.05) is 27.3 Å². The minimum absolute atomic E-state index is 0.0847. The number of thioether (sulfide) groups is 1. The van der Waals surface area contributed by atoms with Crippen LogP contribution < -0.4 is 5.32 Å². The van der Waals surface area contributed by atoms with Crippen molar-refractivity contribution in [2.45, 2.75) is 43.0 Å². The molecule has 7 nitrogen and oxygen atoms in total. The van der Waals surface area contributed by atoms with Crippen molar-refractivity contribution in [3.63, 3.8) is 0 Å². The summed E-state index contributed by atoms with van der Waals surface area (Å²) in [6, 6.07) is 13.3. The van der Waals surface area contributed by atoms with Gasteiger partial charge in [-0.25, -0.2) is 4.79 Å². The summed E-state index contributed by atoms with van der Waals surface area (Å²) in [6.45, 7) is 6.19. The first-order chi connectivity index (χ1) is 17.3. The lowest BCUT2D eigenvalue weighted by Crippen LogP contribution is -2.68. The number of benzene rings is 2. The Morgan fingerprint density at radius 3 is 2.72 bits per heavy atom. The van der Waals surface area contributed by atoms with E-state index in [1.807, 2.05) is 43.3 Å². The van der Waals surface area contributed by atoms with Gasteiger partial charge < -0.3 is 15.0 Å². The second kappa shape index (κ2) is 9.71. The Kier molecular flexibility index (Phi) is 6.61. The number of allylic oxidation sites excluding steroid dienone is 1. The summed E-state index contributed by atoms with van der Waals surface area (Å²) in [5.41, 5.74) is 5.82. The zero-order valence-electron chi connectivity index (χ0n) is 20.2. The van der Waals surface area contributed by atoms with Crippen molar-refractivity contribution in [3.05, 3.63) is 65.0 Å². The number of aromatic amines is 1. The molecule has 2 N–H and O–H groups in total. The summed E-state index contributed by atoms with van der Waals surface area (Å²) in [7, 11) is 0. The van der Waals surface area contributed by atoms with Gasteiger partial charge in [-0.15, -0.1) is 24.4 Å². The van der Waals surface area contributed by atoms with E-state index in [1.165, 1.54) is 0 Å². The minimum Gasteiger partial charge on any atom is -0.456 e. The molecular weight excluding hydrogens is 494 g/mol. The average Bonchev–Trinajstić information content (AvgIpc) is 3.26. The van der Waals surface area contributed by atoms with Gasteiger partial charge in [-0.05, 0) is 41.7 Å². The van der Waals surface area contributed by atoms with E-state index in [0.717, 1.165) is 43.8 Å². The number of carbonyl (C=O) groups is 3. The monoisotopic (exact) mass is 521 g/mol. The van der Waals surface area contributed by atoms with Crippen LogP contribution in [0.15, 0.2) is 58.6 Å². The van der Waals surface area contributed by atoms with Crippen molar-refractivity contribution in [2.24, 2.45) is 0 Å². The molecule has 2 unspecified atom stereocenters. The van der Waals surface area contributed by atoms with Gasteiger partial charge in [0.25, 0.3) is 5.91 Å². The molecule has 0 bridgehead atoms. The molecule has 0 saturated carbocycles. The normalized spacial score (nSPS) is 19.4. The van der Waals surface area contributed by atoms with Crippen LogP contribution in [0.2, 0.25) is 0 Å². The highest BCUT2D eigenvalue weighted by Crippen LogP contribution is 2.40. The maximum Gasteiger partial charge on any atom is 0.355 e. The lowest BCUT2D eigenvalue weighted by molar-refractivity contribution is -0.144. The number of hydrogen-bond donors (Lipinski definition) is 3. The first kappa shape index (κ1) is 24.5. The number of esters is 1. The number of carbonyl (C=O) groups excluding carboxylic acids is 3.